The van der Waals surface area contributed by atoms with Gasteiger partial charge in [0, 0.05) is 23.7 Å². The number of nitrogens with one attached hydrogen (secondary N) is 1. The molecule has 0 amide bonds. The number of fused-ring (bicyclic) bond motifs is 1. The molecule has 2 N–H and O–H groups in total. The quantitative estimate of drug-likeness (QED) is 0.551. The number of benzene rings is 3. The summed E-state index contributed by atoms with van der Waals surface area (Å²) in [6.07, 6.45) is 0.177. The third-order valence-corrected chi connectivity index (χ3v) is 5.93. The lowest BCUT2D eigenvalue weighted by atomic mass is 9.93. The van der Waals surface area contributed by atoms with E-state index >= 15 is 0 Å². The molecule has 2 aliphatic heterocycles. The molecule has 5 rings (SSSR count). The molecule has 5 nitrogen and oxygen atoms in total. The van der Waals surface area contributed by atoms with Crippen LogP contribution in [0.2, 0.25) is 0 Å². The number of aliphatic imine (C=N–C) groups is 1. The molecule has 0 fully saturated rings. The predicted molar refractivity (Wildman–Crippen MR) is 115 cm³/mol. The van der Waals surface area contributed by atoms with Crippen LogP contribution in [0.15, 0.2) is 70.1 Å². The van der Waals surface area contributed by atoms with Crippen molar-refractivity contribution in [3.05, 3.63) is 87.6 Å². The summed E-state index contributed by atoms with van der Waals surface area (Å²) in [5.41, 5.74) is 3.40. The highest BCUT2D eigenvalue weighted by Crippen LogP contribution is 2.37. The van der Waals surface area contributed by atoms with E-state index in [2.05, 4.69) is 21.2 Å². The van der Waals surface area contributed by atoms with Gasteiger partial charge in [0.15, 0.2) is 11.5 Å². The summed E-state index contributed by atoms with van der Waals surface area (Å²) >= 11 is 3.26. The van der Waals surface area contributed by atoms with Crippen LogP contribution in [0.5, 0.6) is 17.2 Å². The highest BCUT2D eigenvalue weighted by atomic mass is 79.9. The Hall–Kier alpha value is -2.90. The van der Waals surface area contributed by atoms with E-state index in [-0.39, 0.29) is 24.4 Å². The standard InChI is InChI=1S/C23H18BrFN2O3/c24-16-9-14(5-7-17(16)25)23-26-18(13-6-8-21-22(10-13)30-12-29-21)11-19(27-23)15-3-1-2-4-20(15)28/h1-10,19,23,27-28H,11-12H2/t19-,23-/m1/s1. The second kappa shape index (κ2) is 7.74. The van der Waals surface area contributed by atoms with Crippen molar-refractivity contribution in [2.45, 2.75) is 18.6 Å². The van der Waals surface area contributed by atoms with Crippen LogP contribution in [0.25, 0.3) is 0 Å². The fourth-order valence-corrected chi connectivity index (χ4v) is 4.19. The van der Waals surface area contributed by atoms with Gasteiger partial charge in [0.1, 0.15) is 17.7 Å². The topological polar surface area (TPSA) is 63.1 Å². The van der Waals surface area contributed by atoms with Gasteiger partial charge in [-0.1, -0.05) is 24.3 Å². The number of phenolic OH excluding ortho intramolecular Hbond substituents is 1. The molecule has 3 aromatic carbocycles. The summed E-state index contributed by atoms with van der Waals surface area (Å²) in [6, 6.07) is 17.7. The number of hydrogen-bond acceptors (Lipinski definition) is 5. The number of hydrogen-bond donors (Lipinski definition) is 2. The number of rotatable bonds is 3. The number of para-hydroxylation sites is 1. The van der Waals surface area contributed by atoms with Crippen LogP contribution in [0.1, 0.15) is 35.3 Å². The van der Waals surface area contributed by atoms with Crippen LogP contribution in [-0.2, 0) is 0 Å². The molecule has 2 atom stereocenters. The molecular weight excluding hydrogens is 451 g/mol. The van der Waals surface area contributed by atoms with Crippen LogP contribution in [0.4, 0.5) is 4.39 Å². The van der Waals surface area contributed by atoms with Crippen molar-refractivity contribution in [1.82, 2.24) is 5.32 Å². The molecule has 0 aliphatic carbocycles. The molecule has 2 heterocycles. The first kappa shape index (κ1) is 19.1. The predicted octanol–water partition coefficient (Wildman–Crippen LogP) is 5.25. The van der Waals surface area contributed by atoms with Crippen molar-refractivity contribution in [1.29, 1.82) is 0 Å². The molecule has 0 unspecified atom stereocenters. The molecule has 3 aromatic rings. The Labute approximate surface area is 181 Å². The molecule has 0 saturated carbocycles. The van der Waals surface area contributed by atoms with Crippen molar-refractivity contribution in [3.8, 4) is 17.2 Å². The Kier molecular flexibility index (Phi) is 4.92. The van der Waals surface area contributed by atoms with E-state index in [9.17, 15) is 9.50 Å². The van der Waals surface area contributed by atoms with E-state index in [1.54, 1.807) is 24.3 Å². The number of nitrogens with zero attached hydrogens (tertiary/aromatic N) is 1. The van der Waals surface area contributed by atoms with Crippen molar-refractivity contribution in [2.24, 2.45) is 4.99 Å². The van der Waals surface area contributed by atoms with Gasteiger partial charge in [-0.25, -0.2) is 4.39 Å². The van der Waals surface area contributed by atoms with Gasteiger partial charge >= 0.3 is 0 Å². The second-order valence-corrected chi connectivity index (χ2v) is 8.06. The maximum atomic E-state index is 13.8. The largest absolute Gasteiger partial charge is 0.508 e. The molecule has 0 spiro atoms. The van der Waals surface area contributed by atoms with Crippen molar-refractivity contribution in [2.75, 3.05) is 6.79 Å². The highest BCUT2D eigenvalue weighted by Gasteiger charge is 2.28. The van der Waals surface area contributed by atoms with Gasteiger partial charge in [0.25, 0.3) is 0 Å². The maximum Gasteiger partial charge on any atom is 0.231 e. The summed E-state index contributed by atoms with van der Waals surface area (Å²) in [5, 5.41) is 13.9. The molecule has 0 radical (unpaired) electrons. The molecule has 152 valence electrons. The van der Waals surface area contributed by atoms with Crippen LogP contribution in [0, 0.1) is 5.82 Å². The summed E-state index contributed by atoms with van der Waals surface area (Å²) in [6.45, 7) is 0.208. The Balaban J connectivity index is 1.57. The highest BCUT2D eigenvalue weighted by molar-refractivity contribution is 9.10. The van der Waals surface area contributed by atoms with E-state index in [4.69, 9.17) is 14.5 Å². The number of phenols is 1. The summed E-state index contributed by atoms with van der Waals surface area (Å²) < 4.78 is 25.1. The Bertz CT molecular complexity index is 1150. The normalized spacial score (nSPS) is 20.1. The minimum Gasteiger partial charge on any atom is -0.508 e. The minimum absolute atomic E-state index is 0.169. The van der Waals surface area contributed by atoms with Crippen LogP contribution in [-0.4, -0.2) is 17.6 Å². The summed E-state index contributed by atoms with van der Waals surface area (Å²) in [7, 11) is 0. The maximum absolute atomic E-state index is 13.8. The zero-order valence-corrected chi connectivity index (χ0v) is 17.4. The SMILES string of the molecule is Oc1ccccc1[C@H]1CC(c2ccc3c(c2)OCO3)=N[C@@H](c2ccc(F)c(Br)c2)N1. The number of halogens is 2. The van der Waals surface area contributed by atoms with Gasteiger partial charge in [-0.05, 0) is 63.5 Å². The first-order valence-corrected chi connectivity index (χ1v) is 10.3. The molecule has 0 aromatic heterocycles. The third-order valence-electron chi connectivity index (χ3n) is 5.32. The summed E-state index contributed by atoms with van der Waals surface area (Å²) in [5.74, 6) is 1.30. The molecule has 2 aliphatic rings. The Morgan fingerprint density at radius 2 is 1.87 bits per heavy atom. The zero-order valence-electron chi connectivity index (χ0n) is 15.8. The third kappa shape index (κ3) is 3.55. The lowest BCUT2D eigenvalue weighted by molar-refractivity contribution is 0.174. The molecule has 0 saturated heterocycles. The van der Waals surface area contributed by atoms with Crippen LogP contribution < -0.4 is 14.8 Å². The molecule has 0 bridgehead atoms. The first-order valence-electron chi connectivity index (χ1n) is 9.54. The average molecular weight is 469 g/mol. The average Bonchev–Trinajstić information content (AvgIpc) is 3.23. The number of ether oxygens (including phenoxy) is 2. The molecule has 30 heavy (non-hydrogen) atoms. The number of aromatic hydroxyl groups is 1. The van der Waals surface area contributed by atoms with Crippen LogP contribution in [0.3, 0.4) is 0 Å². The monoisotopic (exact) mass is 468 g/mol. The van der Waals surface area contributed by atoms with Gasteiger partial charge in [-0.2, -0.15) is 0 Å². The van der Waals surface area contributed by atoms with Crippen molar-refractivity contribution >= 4 is 21.6 Å². The Morgan fingerprint density at radius 1 is 1.03 bits per heavy atom. The first-order chi connectivity index (χ1) is 14.6. The smallest absolute Gasteiger partial charge is 0.231 e. The lowest BCUT2D eigenvalue weighted by Gasteiger charge is -2.31. The van der Waals surface area contributed by atoms with E-state index in [0.717, 1.165) is 22.4 Å². The van der Waals surface area contributed by atoms with Crippen LogP contribution >= 0.6 is 15.9 Å². The zero-order chi connectivity index (χ0) is 20.7. The van der Waals surface area contributed by atoms with Crippen molar-refractivity contribution < 1.29 is 19.0 Å². The van der Waals surface area contributed by atoms with E-state index in [0.29, 0.717) is 22.4 Å². The fourth-order valence-electron chi connectivity index (χ4n) is 3.79. The van der Waals surface area contributed by atoms with Crippen molar-refractivity contribution in [3.63, 3.8) is 0 Å². The van der Waals surface area contributed by atoms with Gasteiger partial charge in [0.2, 0.25) is 6.79 Å². The molecular formula is C23H18BrFN2O3. The van der Waals surface area contributed by atoms with E-state index in [1.807, 2.05) is 30.3 Å². The van der Waals surface area contributed by atoms with Gasteiger partial charge in [-0.15, -0.1) is 0 Å². The van der Waals surface area contributed by atoms with Gasteiger partial charge in [0.05, 0.1) is 4.47 Å². The lowest BCUT2D eigenvalue weighted by Crippen LogP contribution is -2.33. The fraction of sp³-hybridized carbons (Fsp3) is 0.174. The molecule has 7 heteroatoms. The van der Waals surface area contributed by atoms with Gasteiger partial charge in [-0.3, -0.25) is 10.3 Å². The van der Waals surface area contributed by atoms with Gasteiger partial charge < -0.3 is 14.6 Å². The Morgan fingerprint density at radius 3 is 2.70 bits per heavy atom. The second-order valence-electron chi connectivity index (χ2n) is 7.20. The summed E-state index contributed by atoms with van der Waals surface area (Å²) in [4.78, 5) is 4.91. The van der Waals surface area contributed by atoms with E-state index < -0.39 is 6.17 Å². The minimum atomic E-state index is -0.402. The van der Waals surface area contributed by atoms with E-state index in [1.165, 1.54) is 6.07 Å².